The summed E-state index contributed by atoms with van der Waals surface area (Å²) < 4.78 is 0. The number of aromatic amines is 1. The number of carbonyl (C=O) groups excluding carboxylic acids is 1. The van der Waals surface area contributed by atoms with Crippen molar-refractivity contribution in [3.8, 4) is 0 Å². The molecule has 6 heteroatoms. The summed E-state index contributed by atoms with van der Waals surface area (Å²) in [6.45, 7) is 1.86. The summed E-state index contributed by atoms with van der Waals surface area (Å²) in [5.74, 6) is -1.20. The molecule has 0 saturated carbocycles. The standard InChI is InChI=1S/C14H15N3O3/c1-10-12(9-15-16-10)14(20)17(8-7-13(18)19)11-5-3-2-4-6-11/h2-6,9H,7-8H2,1H3,(H,15,16)(H,18,19). The number of para-hydroxylation sites is 1. The molecule has 6 nitrogen and oxygen atoms in total. The molecule has 2 aromatic rings. The molecule has 2 N–H and O–H groups in total. The monoisotopic (exact) mass is 273 g/mol. The molecule has 1 amide bonds. The summed E-state index contributed by atoms with van der Waals surface area (Å²) in [6.07, 6.45) is 1.34. The first-order chi connectivity index (χ1) is 9.59. The van der Waals surface area contributed by atoms with Gasteiger partial charge in [-0.05, 0) is 19.1 Å². The molecule has 0 aliphatic rings. The molecule has 2 rings (SSSR count). The Bertz CT molecular complexity index is 607. The lowest BCUT2D eigenvalue weighted by Crippen LogP contribution is -2.33. The summed E-state index contributed by atoms with van der Waals surface area (Å²) in [7, 11) is 0. The fraction of sp³-hybridized carbons (Fsp3) is 0.214. The van der Waals surface area contributed by atoms with Crippen LogP contribution in [0.2, 0.25) is 0 Å². The Labute approximate surface area is 116 Å². The van der Waals surface area contributed by atoms with Gasteiger partial charge in [0.25, 0.3) is 5.91 Å². The number of carboxylic acids is 1. The maximum Gasteiger partial charge on any atom is 0.305 e. The number of aliphatic carboxylic acids is 1. The minimum absolute atomic E-state index is 0.114. The van der Waals surface area contributed by atoms with Crippen molar-refractivity contribution in [1.29, 1.82) is 0 Å². The number of rotatable bonds is 5. The van der Waals surface area contributed by atoms with Crippen LogP contribution in [0.25, 0.3) is 0 Å². The van der Waals surface area contributed by atoms with E-state index in [0.717, 1.165) is 0 Å². The minimum atomic E-state index is -0.942. The van der Waals surface area contributed by atoms with E-state index in [1.165, 1.54) is 11.1 Å². The Kier molecular flexibility index (Phi) is 4.14. The van der Waals surface area contributed by atoms with Crippen LogP contribution in [0.4, 0.5) is 5.69 Å². The van der Waals surface area contributed by atoms with Crippen LogP contribution < -0.4 is 4.90 Å². The lowest BCUT2D eigenvalue weighted by atomic mass is 10.2. The number of H-pyrrole nitrogens is 1. The van der Waals surface area contributed by atoms with Crippen molar-refractivity contribution in [3.05, 3.63) is 47.8 Å². The Balaban J connectivity index is 2.29. The first kappa shape index (κ1) is 13.8. The number of carboxylic acid groups (broad SMARTS) is 1. The second-order valence-corrected chi connectivity index (χ2v) is 4.34. The van der Waals surface area contributed by atoms with Gasteiger partial charge in [0.05, 0.1) is 18.2 Å². The van der Waals surface area contributed by atoms with Crippen molar-refractivity contribution in [2.24, 2.45) is 0 Å². The third-order valence-electron chi connectivity index (χ3n) is 2.92. The molecule has 0 spiro atoms. The number of carbonyl (C=O) groups is 2. The predicted octanol–water partition coefficient (Wildman–Crippen LogP) is 1.84. The minimum Gasteiger partial charge on any atom is -0.481 e. The van der Waals surface area contributed by atoms with Gasteiger partial charge in [0.2, 0.25) is 0 Å². The molecular formula is C14H15N3O3. The predicted molar refractivity (Wildman–Crippen MR) is 73.7 cm³/mol. The summed E-state index contributed by atoms with van der Waals surface area (Å²) >= 11 is 0. The highest BCUT2D eigenvalue weighted by molar-refractivity contribution is 6.06. The summed E-state index contributed by atoms with van der Waals surface area (Å²) in [5, 5.41) is 15.4. The highest BCUT2D eigenvalue weighted by atomic mass is 16.4. The van der Waals surface area contributed by atoms with Crippen LogP contribution in [0, 0.1) is 6.92 Å². The highest BCUT2D eigenvalue weighted by Crippen LogP contribution is 2.18. The Morgan fingerprint density at radius 2 is 2.00 bits per heavy atom. The first-order valence-electron chi connectivity index (χ1n) is 6.18. The summed E-state index contributed by atoms with van der Waals surface area (Å²) in [5.41, 5.74) is 1.77. The number of benzene rings is 1. The number of anilines is 1. The molecule has 0 fully saturated rings. The van der Waals surface area contributed by atoms with Gasteiger partial charge in [-0.2, -0.15) is 5.10 Å². The van der Waals surface area contributed by atoms with Crippen molar-refractivity contribution in [2.45, 2.75) is 13.3 Å². The van der Waals surface area contributed by atoms with E-state index >= 15 is 0 Å². The molecule has 1 heterocycles. The maximum absolute atomic E-state index is 12.5. The molecule has 0 aliphatic carbocycles. The van der Waals surface area contributed by atoms with Crippen LogP contribution in [-0.4, -0.2) is 33.7 Å². The van der Waals surface area contributed by atoms with Crippen LogP contribution in [-0.2, 0) is 4.79 Å². The average molecular weight is 273 g/mol. The molecule has 0 atom stereocenters. The van der Waals surface area contributed by atoms with Gasteiger partial charge < -0.3 is 10.0 Å². The van der Waals surface area contributed by atoms with Gasteiger partial charge in [-0.15, -0.1) is 0 Å². The van der Waals surface area contributed by atoms with E-state index in [0.29, 0.717) is 16.9 Å². The van der Waals surface area contributed by atoms with Crippen LogP contribution in [0.1, 0.15) is 22.5 Å². The number of hydrogen-bond acceptors (Lipinski definition) is 3. The topological polar surface area (TPSA) is 86.3 Å². The Morgan fingerprint density at radius 1 is 1.30 bits per heavy atom. The zero-order valence-corrected chi connectivity index (χ0v) is 11.0. The maximum atomic E-state index is 12.5. The Hall–Kier alpha value is -2.63. The smallest absolute Gasteiger partial charge is 0.305 e. The fourth-order valence-corrected chi connectivity index (χ4v) is 1.88. The second kappa shape index (κ2) is 6.01. The van der Waals surface area contributed by atoms with Gasteiger partial charge in [-0.3, -0.25) is 14.7 Å². The summed E-state index contributed by atoms with van der Waals surface area (Å²) in [4.78, 5) is 24.7. The van der Waals surface area contributed by atoms with Gasteiger partial charge in [0.1, 0.15) is 0 Å². The third-order valence-corrected chi connectivity index (χ3v) is 2.92. The van der Waals surface area contributed by atoms with E-state index < -0.39 is 5.97 Å². The number of aryl methyl sites for hydroxylation is 1. The van der Waals surface area contributed by atoms with Crippen molar-refractivity contribution < 1.29 is 14.7 Å². The molecular weight excluding hydrogens is 258 g/mol. The highest BCUT2D eigenvalue weighted by Gasteiger charge is 2.21. The molecule has 104 valence electrons. The van der Waals surface area contributed by atoms with Gasteiger partial charge in [-0.1, -0.05) is 18.2 Å². The average Bonchev–Trinajstić information content (AvgIpc) is 2.86. The van der Waals surface area contributed by atoms with E-state index in [2.05, 4.69) is 10.2 Å². The number of amides is 1. The number of hydrogen-bond donors (Lipinski definition) is 2. The third kappa shape index (κ3) is 3.03. The van der Waals surface area contributed by atoms with Crippen molar-refractivity contribution >= 4 is 17.6 Å². The largest absolute Gasteiger partial charge is 0.481 e. The molecule has 0 radical (unpaired) electrons. The first-order valence-corrected chi connectivity index (χ1v) is 6.18. The molecule has 0 aliphatic heterocycles. The molecule has 1 aromatic carbocycles. The van der Waals surface area contributed by atoms with Crippen LogP contribution >= 0.6 is 0 Å². The van der Waals surface area contributed by atoms with E-state index in [1.54, 1.807) is 31.2 Å². The van der Waals surface area contributed by atoms with E-state index in [-0.39, 0.29) is 18.9 Å². The van der Waals surface area contributed by atoms with Crippen LogP contribution in [0.15, 0.2) is 36.5 Å². The van der Waals surface area contributed by atoms with Crippen molar-refractivity contribution in [3.63, 3.8) is 0 Å². The van der Waals surface area contributed by atoms with Gasteiger partial charge in [0, 0.05) is 17.9 Å². The quantitative estimate of drug-likeness (QED) is 0.870. The molecule has 1 aromatic heterocycles. The van der Waals surface area contributed by atoms with E-state index in [4.69, 9.17) is 5.11 Å². The van der Waals surface area contributed by atoms with Crippen LogP contribution in [0.3, 0.4) is 0 Å². The SMILES string of the molecule is Cc1[nH]ncc1C(=O)N(CCC(=O)O)c1ccccc1. The van der Waals surface area contributed by atoms with E-state index in [9.17, 15) is 9.59 Å². The van der Waals surface area contributed by atoms with E-state index in [1.807, 2.05) is 6.07 Å². The lowest BCUT2D eigenvalue weighted by Gasteiger charge is -2.21. The number of aromatic nitrogens is 2. The van der Waals surface area contributed by atoms with Gasteiger partial charge >= 0.3 is 5.97 Å². The summed E-state index contributed by atoms with van der Waals surface area (Å²) in [6, 6.07) is 8.99. The van der Waals surface area contributed by atoms with Crippen molar-refractivity contribution in [1.82, 2.24) is 10.2 Å². The zero-order valence-electron chi connectivity index (χ0n) is 11.0. The Morgan fingerprint density at radius 3 is 2.55 bits per heavy atom. The van der Waals surface area contributed by atoms with Gasteiger partial charge in [0.15, 0.2) is 0 Å². The lowest BCUT2D eigenvalue weighted by molar-refractivity contribution is -0.136. The number of nitrogens with one attached hydrogen (secondary N) is 1. The van der Waals surface area contributed by atoms with Gasteiger partial charge in [-0.25, -0.2) is 0 Å². The fourth-order valence-electron chi connectivity index (χ4n) is 1.88. The molecule has 20 heavy (non-hydrogen) atoms. The number of nitrogens with zero attached hydrogens (tertiary/aromatic N) is 2. The molecule has 0 unspecified atom stereocenters. The zero-order chi connectivity index (χ0) is 14.5. The van der Waals surface area contributed by atoms with Crippen molar-refractivity contribution in [2.75, 3.05) is 11.4 Å². The molecule has 0 bridgehead atoms. The molecule has 0 saturated heterocycles. The second-order valence-electron chi connectivity index (χ2n) is 4.34. The van der Waals surface area contributed by atoms with Crippen LogP contribution in [0.5, 0.6) is 0 Å². The normalized spacial score (nSPS) is 10.2.